The standard InChI is InChI=1S/C79H144O17P2/c1-5-9-13-17-21-25-29-32-35-36-39-41-45-48-52-56-60-64-77(82)89-69-74(95-78(83)65-61-57-53-49-43-28-24-20-16-12-8-4)71-93-97(85,86)91-67-73(80)68-92-98(87,88)94-72-75(96-79(84)66-62-58-54-50-46-42-38-34-31-27-23-19-15-11-7-3)70-90-76(81)63-59-55-51-47-44-40-37-33-30-26-22-18-14-10-6-2/h9,13,21,25,32-35,37-38,73-75,80H,5-8,10-12,14-20,22-24,26-31,36,39-72H2,1-4H3,(H,85,86)(H,87,88)/b13-9-,25-21-,35-32-,37-33-,38-34-. The number of rotatable bonds is 75. The SMILES string of the molecule is CC/C=C\C/C=C\C/C=C\CCCCCCCCCC(=O)OCC(COP(=O)(O)OCC(O)COP(=O)(O)OCC(COC(=O)CCCCCCC/C=C\CCCCCCCC)OC(=O)CCCCCCC/C=C\CCCCCCCC)OC(=O)CCCCCCCCCCCCC. The van der Waals surface area contributed by atoms with E-state index in [9.17, 15) is 43.2 Å². The first-order valence-electron chi connectivity index (χ1n) is 39.5. The van der Waals surface area contributed by atoms with E-state index < -0.39 is 97.5 Å². The average molecular weight is 1430 g/mol. The molecule has 0 aliphatic carbocycles. The number of phosphoric ester groups is 2. The highest BCUT2D eigenvalue weighted by atomic mass is 31.2. The van der Waals surface area contributed by atoms with Crippen molar-refractivity contribution >= 4 is 39.5 Å². The van der Waals surface area contributed by atoms with Crippen LogP contribution in [0, 0.1) is 0 Å². The van der Waals surface area contributed by atoms with Crippen molar-refractivity contribution in [2.75, 3.05) is 39.6 Å². The zero-order valence-corrected chi connectivity index (χ0v) is 64.3. The topological polar surface area (TPSA) is 237 Å². The smallest absolute Gasteiger partial charge is 0.462 e. The molecule has 572 valence electrons. The molecule has 5 atom stereocenters. The maximum Gasteiger partial charge on any atom is 0.472 e. The molecule has 0 aromatic rings. The second-order valence-corrected chi connectivity index (χ2v) is 29.5. The minimum absolute atomic E-state index is 0.0882. The third-order valence-corrected chi connectivity index (χ3v) is 18.9. The molecule has 5 unspecified atom stereocenters. The van der Waals surface area contributed by atoms with Gasteiger partial charge in [-0.3, -0.25) is 37.3 Å². The Hall–Kier alpha value is -3.24. The molecular formula is C79H144O17P2. The van der Waals surface area contributed by atoms with E-state index in [4.69, 9.17) is 37.0 Å². The monoisotopic (exact) mass is 1430 g/mol. The van der Waals surface area contributed by atoms with Crippen molar-refractivity contribution in [3.63, 3.8) is 0 Å². The van der Waals surface area contributed by atoms with Gasteiger partial charge in [-0.1, -0.05) is 288 Å². The van der Waals surface area contributed by atoms with E-state index in [0.717, 1.165) is 167 Å². The summed E-state index contributed by atoms with van der Waals surface area (Å²) in [6, 6.07) is 0. The maximum absolute atomic E-state index is 13.1. The van der Waals surface area contributed by atoms with Gasteiger partial charge in [-0.05, 0) is 109 Å². The largest absolute Gasteiger partial charge is 0.472 e. The number of hydrogen-bond acceptors (Lipinski definition) is 15. The Bertz CT molecular complexity index is 2100. The Morgan fingerprint density at radius 1 is 0.296 bits per heavy atom. The lowest BCUT2D eigenvalue weighted by Gasteiger charge is -2.21. The molecule has 19 heteroatoms. The molecule has 0 heterocycles. The van der Waals surface area contributed by atoms with E-state index >= 15 is 0 Å². The van der Waals surface area contributed by atoms with Crippen molar-refractivity contribution in [3.8, 4) is 0 Å². The first-order chi connectivity index (χ1) is 47.7. The Kier molecular flexibility index (Phi) is 69.7. The minimum Gasteiger partial charge on any atom is -0.462 e. The average Bonchev–Trinajstić information content (AvgIpc) is 0.986. The zero-order chi connectivity index (χ0) is 71.8. The van der Waals surface area contributed by atoms with Crippen LogP contribution in [-0.2, 0) is 65.4 Å². The predicted octanol–water partition coefficient (Wildman–Crippen LogP) is 22.7. The van der Waals surface area contributed by atoms with Crippen LogP contribution in [0.1, 0.15) is 362 Å². The number of unbranched alkanes of at least 4 members (excludes halogenated alkanes) is 39. The van der Waals surface area contributed by atoms with Crippen molar-refractivity contribution < 1.29 is 80.2 Å². The van der Waals surface area contributed by atoms with E-state index in [2.05, 4.69) is 88.5 Å². The summed E-state index contributed by atoms with van der Waals surface area (Å²) in [6.45, 7) is 4.78. The van der Waals surface area contributed by atoms with Crippen LogP contribution in [-0.4, -0.2) is 96.7 Å². The lowest BCUT2D eigenvalue weighted by Crippen LogP contribution is -2.30. The van der Waals surface area contributed by atoms with Crippen LogP contribution in [0.5, 0.6) is 0 Å². The molecule has 17 nitrogen and oxygen atoms in total. The van der Waals surface area contributed by atoms with Gasteiger partial charge in [0.2, 0.25) is 0 Å². The molecule has 0 aliphatic heterocycles. The van der Waals surface area contributed by atoms with Gasteiger partial charge >= 0.3 is 39.5 Å². The third-order valence-electron chi connectivity index (χ3n) is 17.0. The number of phosphoric acid groups is 2. The van der Waals surface area contributed by atoms with Crippen LogP contribution < -0.4 is 0 Å². The fourth-order valence-electron chi connectivity index (χ4n) is 10.9. The summed E-state index contributed by atoms with van der Waals surface area (Å²) >= 11 is 0. The highest BCUT2D eigenvalue weighted by Gasteiger charge is 2.30. The molecule has 3 N–H and O–H groups in total. The fourth-order valence-corrected chi connectivity index (χ4v) is 12.5. The molecule has 0 fully saturated rings. The number of carbonyl (C=O) groups is 4. The summed E-state index contributed by atoms with van der Waals surface area (Å²) < 4.78 is 68.5. The molecule has 0 spiro atoms. The van der Waals surface area contributed by atoms with E-state index in [1.165, 1.54) is 116 Å². The second-order valence-electron chi connectivity index (χ2n) is 26.6. The number of hydrogen-bond donors (Lipinski definition) is 3. The first-order valence-corrected chi connectivity index (χ1v) is 42.5. The quantitative estimate of drug-likeness (QED) is 0.0169. The van der Waals surface area contributed by atoms with E-state index in [-0.39, 0.29) is 25.7 Å². The Morgan fingerprint density at radius 3 is 0.827 bits per heavy atom. The zero-order valence-electron chi connectivity index (χ0n) is 62.5. The van der Waals surface area contributed by atoms with Crippen molar-refractivity contribution in [2.24, 2.45) is 0 Å². The van der Waals surface area contributed by atoms with Crippen molar-refractivity contribution in [1.82, 2.24) is 0 Å². The van der Waals surface area contributed by atoms with Gasteiger partial charge in [-0.25, -0.2) is 9.13 Å². The second kappa shape index (κ2) is 72.1. The van der Waals surface area contributed by atoms with Crippen molar-refractivity contribution in [3.05, 3.63) is 60.8 Å². The van der Waals surface area contributed by atoms with Crippen LogP contribution in [0.2, 0.25) is 0 Å². The molecule has 0 amide bonds. The molecule has 0 aromatic heterocycles. The normalized spacial score (nSPS) is 14.2. The van der Waals surface area contributed by atoms with Crippen molar-refractivity contribution in [1.29, 1.82) is 0 Å². The molecule has 0 saturated heterocycles. The summed E-state index contributed by atoms with van der Waals surface area (Å²) in [5, 5.41) is 10.6. The van der Waals surface area contributed by atoms with Crippen LogP contribution in [0.25, 0.3) is 0 Å². The van der Waals surface area contributed by atoms with Gasteiger partial charge in [0, 0.05) is 25.7 Å². The number of ether oxygens (including phenoxy) is 4. The van der Waals surface area contributed by atoms with Crippen LogP contribution in [0.4, 0.5) is 0 Å². The Balaban J connectivity index is 5.30. The molecule has 0 rings (SSSR count). The first kappa shape index (κ1) is 94.8. The van der Waals surface area contributed by atoms with E-state index in [1.54, 1.807) is 0 Å². The summed E-state index contributed by atoms with van der Waals surface area (Å²) in [4.78, 5) is 72.9. The summed E-state index contributed by atoms with van der Waals surface area (Å²) in [5.74, 6) is -2.17. The molecule has 0 radical (unpaired) electrons. The third kappa shape index (κ3) is 71.2. The van der Waals surface area contributed by atoms with Gasteiger partial charge < -0.3 is 33.8 Å². The van der Waals surface area contributed by atoms with Gasteiger partial charge in [0.1, 0.15) is 19.3 Å². The molecule has 0 aromatic carbocycles. The van der Waals surface area contributed by atoms with Gasteiger partial charge in [0.15, 0.2) is 12.2 Å². The van der Waals surface area contributed by atoms with E-state index in [0.29, 0.717) is 25.7 Å². The summed E-state index contributed by atoms with van der Waals surface area (Å²) in [7, 11) is -9.94. The fraction of sp³-hybridized carbons (Fsp3) is 0.823. The molecule has 0 bridgehead atoms. The van der Waals surface area contributed by atoms with Gasteiger partial charge in [0.05, 0.1) is 26.4 Å². The van der Waals surface area contributed by atoms with Crippen LogP contribution in [0.3, 0.4) is 0 Å². The number of allylic oxidation sites excluding steroid dienone is 10. The molecule has 0 aliphatic rings. The minimum atomic E-state index is -4.97. The highest BCUT2D eigenvalue weighted by Crippen LogP contribution is 2.45. The predicted molar refractivity (Wildman–Crippen MR) is 400 cm³/mol. The number of esters is 4. The Labute approximate surface area is 597 Å². The summed E-state index contributed by atoms with van der Waals surface area (Å²) in [6.07, 6.45) is 70.6. The van der Waals surface area contributed by atoms with E-state index in [1.807, 2.05) is 0 Å². The lowest BCUT2D eigenvalue weighted by molar-refractivity contribution is -0.161. The highest BCUT2D eigenvalue weighted by molar-refractivity contribution is 7.47. The Morgan fingerprint density at radius 2 is 0.531 bits per heavy atom. The lowest BCUT2D eigenvalue weighted by atomic mass is 10.1. The summed E-state index contributed by atoms with van der Waals surface area (Å²) in [5.41, 5.74) is 0. The molecular weight excluding hydrogens is 1280 g/mol. The maximum atomic E-state index is 13.1. The molecule has 0 saturated carbocycles. The van der Waals surface area contributed by atoms with Gasteiger partial charge in [-0.15, -0.1) is 0 Å². The number of aliphatic hydroxyl groups is 1. The number of aliphatic hydroxyl groups excluding tert-OH is 1. The van der Waals surface area contributed by atoms with Gasteiger partial charge in [-0.2, -0.15) is 0 Å². The van der Waals surface area contributed by atoms with Crippen LogP contribution >= 0.6 is 15.6 Å². The van der Waals surface area contributed by atoms with Gasteiger partial charge in [0.25, 0.3) is 0 Å². The van der Waals surface area contributed by atoms with Crippen LogP contribution in [0.15, 0.2) is 60.8 Å². The van der Waals surface area contributed by atoms with Crippen molar-refractivity contribution in [2.45, 2.75) is 380 Å². The molecule has 98 heavy (non-hydrogen) atoms. The number of carbonyl (C=O) groups excluding carboxylic acids is 4.